The summed E-state index contributed by atoms with van der Waals surface area (Å²) in [4.78, 5) is 48.7. The molecule has 11 heteroatoms. The largest absolute Gasteiger partial charge is 0.461 e. The number of ether oxygens (including phenoxy) is 1. The van der Waals surface area contributed by atoms with Gasteiger partial charge in [-0.25, -0.2) is 9.78 Å². The zero-order valence-electron chi connectivity index (χ0n) is 18.4. The summed E-state index contributed by atoms with van der Waals surface area (Å²) < 4.78 is 10.4. The second kappa shape index (κ2) is 7.88. The topological polar surface area (TPSA) is 104 Å². The Morgan fingerprint density at radius 2 is 1.84 bits per heavy atom. The van der Waals surface area contributed by atoms with Crippen molar-refractivity contribution in [1.82, 2.24) is 28.6 Å². The highest BCUT2D eigenvalue weighted by Gasteiger charge is 2.35. The first-order valence-electron chi connectivity index (χ1n) is 10.9. The summed E-state index contributed by atoms with van der Waals surface area (Å²) in [5.41, 5.74) is 0.563. The predicted octanol–water partition coefficient (Wildman–Crippen LogP) is 1.03. The van der Waals surface area contributed by atoms with E-state index in [0.29, 0.717) is 49.7 Å². The van der Waals surface area contributed by atoms with Crippen molar-refractivity contribution in [2.75, 3.05) is 13.1 Å². The number of carbonyl (C=O) groups is 1. The molecule has 170 valence electrons. The second-order valence-electron chi connectivity index (χ2n) is 8.63. The van der Waals surface area contributed by atoms with Gasteiger partial charge >= 0.3 is 5.69 Å². The van der Waals surface area contributed by atoms with E-state index in [1.54, 1.807) is 11.6 Å². The average Bonchev–Trinajstić information content (AvgIpc) is 3.47. The monoisotopic (exact) mass is 458 g/mol. The van der Waals surface area contributed by atoms with Crippen LogP contribution >= 0.6 is 11.3 Å². The Morgan fingerprint density at radius 1 is 1.12 bits per heavy atom. The maximum atomic E-state index is 13.0. The van der Waals surface area contributed by atoms with Crippen LogP contribution in [0.5, 0.6) is 6.01 Å². The number of aromatic nitrogens is 5. The van der Waals surface area contributed by atoms with Crippen LogP contribution in [0, 0.1) is 12.8 Å². The van der Waals surface area contributed by atoms with Gasteiger partial charge < -0.3 is 9.64 Å². The summed E-state index contributed by atoms with van der Waals surface area (Å²) >= 11 is 1.53. The van der Waals surface area contributed by atoms with E-state index >= 15 is 0 Å². The number of likely N-dealkylation sites (tertiary alicyclic amines) is 1. The van der Waals surface area contributed by atoms with Crippen molar-refractivity contribution in [2.45, 2.75) is 45.3 Å². The molecule has 0 N–H and O–H groups in total. The van der Waals surface area contributed by atoms with Gasteiger partial charge in [-0.15, -0.1) is 11.3 Å². The molecule has 1 saturated carbocycles. The highest BCUT2D eigenvalue weighted by Crippen LogP contribution is 2.32. The molecule has 1 aliphatic carbocycles. The van der Waals surface area contributed by atoms with Crippen molar-refractivity contribution in [3.63, 3.8) is 0 Å². The van der Waals surface area contributed by atoms with Gasteiger partial charge in [-0.05, 0) is 19.8 Å². The Kier molecular flexibility index (Phi) is 5.15. The van der Waals surface area contributed by atoms with Gasteiger partial charge in [0.2, 0.25) is 5.91 Å². The summed E-state index contributed by atoms with van der Waals surface area (Å²) in [5, 5.41) is 2.87. The standard InChI is InChI=1S/C21H26N6O4S/c1-12-22-14(11-32-12)10-27-16-17(24(2)21(30)25(3)19(16)29)23-20(27)31-15-6-8-26(9-7-15)18(28)13-4-5-13/h11,13,15H,4-10H2,1-3H3. The molecule has 0 unspecified atom stereocenters. The lowest BCUT2D eigenvalue weighted by molar-refractivity contribution is -0.134. The first kappa shape index (κ1) is 20.9. The summed E-state index contributed by atoms with van der Waals surface area (Å²) in [5.74, 6) is 0.476. The Balaban J connectivity index is 1.48. The molecule has 32 heavy (non-hydrogen) atoms. The number of carbonyl (C=O) groups excluding carboxylic acids is 1. The fourth-order valence-electron chi connectivity index (χ4n) is 4.24. The number of fused-ring (bicyclic) bond motifs is 1. The number of nitrogens with zero attached hydrogens (tertiary/aromatic N) is 6. The van der Waals surface area contributed by atoms with Crippen LogP contribution < -0.4 is 16.0 Å². The Bertz CT molecular complexity index is 1310. The number of rotatable bonds is 5. The van der Waals surface area contributed by atoms with Crippen molar-refractivity contribution < 1.29 is 9.53 Å². The fraction of sp³-hybridized carbons (Fsp3) is 0.571. The van der Waals surface area contributed by atoms with Crippen LogP contribution in [-0.2, 0) is 25.4 Å². The number of amides is 1. The number of imidazole rings is 1. The highest BCUT2D eigenvalue weighted by molar-refractivity contribution is 7.09. The fourth-order valence-corrected chi connectivity index (χ4v) is 4.84. The number of hydrogen-bond donors (Lipinski definition) is 0. The summed E-state index contributed by atoms with van der Waals surface area (Å²) in [7, 11) is 3.06. The zero-order valence-corrected chi connectivity index (χ0v) is 19.2. The van der Waals surface area contributed by atoms with Crippen LogP contribution in [-0.4, -0.2) is 53.7 Å². The third-order valence-electron chi connectivity index (χ3n) is 6.25. The van der Waals surface area contributed by atoms with Crippen LogP contribution in [0.1, 0.15) is 36.4 Å². The van der Waals surface area contributed by atoms with E-state index in [1.165, 1.54) is 23.0 Å². The van der Waals surface area contributed by atoms with Gasteiger partial charge in [0.05, 0.1) is 17.2 Å². The van der Waals surface area contributed by atoms with E-state index in [0.717, 1.165) is 28.1 Å². The molecular weight excluding hydrogens is 432 g/mol. The van der Waals surface area contributed by atoms with Crippen molar-refractivity contribution >= 4 is 28.4 Å². The Labute approximate surface area is 188 Å². The maximum Gasteiger partial charge on any atom is 0.332 e. The molecule has 0 radical (unpaired) electrons. The lowest BCUT2D eigenvalue weighted by atomic mass is 10.1. The molecule has 1 saturated heterocycles. The molecule has 3 aromatic rings. The zero-order chi connectivity index (χ0) is 22.6. The molecular formula is C21H26N6O4S. The lowest BCUT2D eigenvalue weighted by Gasteiger charge is -2.32. The SMILES string of the molecule is Cc1nc(Cn2c(OC3CCN(C(=O)C4CC4)CC3)nc3c2c(=O)n(C)c(=O)n3C)cs1. The van der Waals surface area contributed by atoms with Crippen LogP contribution in [0.15, 0.2) is 15.0 Å². The maximum absolute atomic E-state index is 13.0. The molecule has 10 nitrogen and oxygen atoms in total. The van der Waals surface area contributed by atoms with Crippen LogP contribution in [0.4, 0.5) is 0 Å². The van der Waals surface area contributed by atoms with Crippen LogP contribution in [0.25, 0.3) is 11.2 Å². The van der Waals surface area contributed by atoms with Crippen LogP contribution in [0.2, 0.25) is 0 Å². The second-order valence-corrected chi connectivity index (χ2v) is 9.70. The number of hydrogen-bond acceptors (Lipinski definition) is 7. The summed E-state index contributed by atoms with van der Waals surface area (Å²) in [6.45, 7) is 3.57. The highest BCUT2D eigenvalue weighted by atomic mass is 32.1. The minimum Gasteiger partial charge on any atom is -0.461 e. The number of piperidine rings is 1. The minimum atomic E-state index is -0.435. The molecule has 0 atom stereocenters. The van der Waals surface area contributed by atoms with E-state index < -0.39 is 11.2 Å². The summed E-state index contributed by atoms with van der Waals surface area (Å²) in [6, 6.07) is 0.302. The summed E-state index contributed by atoms with van der Waals surface area (Å²) in [6.07, 6.45) is 3.29. The Morgan fingerprint density at radius 3 is 2.47 bits per heavy atom. The average molecular weight is 459 g/mol. The molecule has 0 spiro atoms. The molecule has 2 aliphatic rings. The van der Waals surface area contributed by atoms with Gasteiger partial charge in [-0.3, -0.25) is 23.3 Å². The van der Waals surface area contributed by atoms with Crippen molar-refractivity contribution in [3.05, 3.63) is 36.9 Å². The molecule has 5 rings (SSSR count). The number of thiazole rings is 1. The van der Waals surface area contributed by atoms with Gasteiger partial charge in [-0.1, -0.05) is 0 Å². The molecule has 4 heterocycles. The molecule has 0 bridgehead atoms. The van der Waals surface area contributed by atoms with Crippen molar-refractivity contribution in [1.29, 1.82) is 0 Å². The molecule has 3 aromatic heterocycles. The van der Waals surface area contributed by atoms with Gasteiger partial charge in [0, 0.05) is 51.3 Å². The predicted molar refractivity (Wildman–Crippen MR) is 119 cm³/mol. The third-order valence-corrected chi connectivity index (χ3v) is 7.07. The molecule has 0 aromatic carbocycles. The minimum absolute atomic E-state index is 0.119. The van der Waals surface area contributed by atoms with E-state index in [2.05, 4.69) is 9.97 Å². The van der Waals surface area contributed by atoms with Gasteiger partial charge in [-0.2, -0.15) is 4.98 Å². The smallest absolute Gasteiger partial charge is 0.332 e. The van der Waals surface area contributed by atoms with E-state index in [4.69, 9.17) is 4.74 Å². The molecule has 1 aliphatic heterocycles. The van der Waals surface area contributed by atoms with E-state index in [1.807, 2.05) is 17.2 Å². The van der Waals surface area contributed by atoms with Crippen molar-refractivity contribution in [3.8, 4) is 6.01 Å². The van der Waals surface area contributed by atoms with Gasteiger partial charge in [0.25, 0.3) is 11.6 Å². The van der Waals surface area contributed by atoms with Gasteiger partial charge in [0.1, 0.15) is 6.10 Å². The van der Waals surface area contributed by atoms with Crippen molar-refractivity contribution in [2.24, 2.45) is 20.0 Å². The first-order chi connectivity index (χ1) is 15.3. The third kappa shape index (κ3) is 3.64. The molecule has 2 fully saturated rings. The lowest BCUT2D eigenvalue weighted by Crippen LogP contribution is -2.42. The van der Waals surface area contributed by atoms with E-state index in [-0.39, 0.29) is 17.9 Å². The molecule has 1 amide bonds. The van der Waals surface area contributed by atoms with Crippen LogP contribution in [0.3, 0.4) is 0 Å². The Hall–Kier alpha value is -2.95. The normalized spacial score (nSPS) is 17.3. The van der Waals surface area contributed by atoms with E-state index in [9.17, 15) is 14.4 Å². The first-order valence-corrected chi connectivity index (χ1v) is 11.7. The number of aryl methyl sites for hydroxylation is 2. The quantitative estimate of drug-likeness (QED) is 0.566. The van der Waals surface area contributed by atoms with Gasteiger partial charge in [0.15, 0.2) is 11.2 Å².